The number of nitrogens with zero attached hydrogens (tertiary/aromatic N) is 2. The predicted molar refractivity (Wildman–Crippen MR) is 180 cm³/mol. The zero-order valence-electron chi connectivity index (χ0n) is 25.7. The summed E-state index contributed by atoms with van der Waals surface area (Å²) in [5.41, 5.74) is 3.76. The van der Waals surface area contributed by atoms with E-state index in [0.29, 0.717) is 62.3 Å². The van der Waals surface area contributed by atoms with Crippen molar-refractivity contribution in [2.45, 2.75) is 26.5 Å². The quantitative estimate of drug-likeness (QED) is 0.209. The number of rotatable bonds is 10. The van der Waals surface area contributed by atoms with Crippen LogP contribution in [0.3, 0.4) is 0 Å². The van der Waals surface area contributed by atoms with Gasteiger partial charge in [-0.15, -0.1) is 0 Å². The van der Waals surface area contributed by atoms with E-state index in [1.807, 2.05) is 110 Å². The van der Waals surface area contributed by atoms with E-state index in [4.69, 9.17) is 19.2 Å². The molecule has 0 saturated carbocycles. The number of aromatic nitrogens is 1. The summed E-state index contributed by atoms with van der Waals surface area (Å²) in [6.45, 7) is 4.58. The monoisotopic (exact) mass is 631 g/mol. The van der Waals surface area contributed by atoms with Gasteiger partial charge in [-0.25, -0.2) is 4.99 Å². The van der Waals surface area contributed by atoms with E-state index < -0.39 is 6.04 Å². The van der Waals surface area contributed by atoms with Crippen molar-refractivity contribution in [3.05, 3.63) is 151 Å². The third kappa shape index (κ3) is 6.36. The van der Waals surface area contributed by atoms with Crippen LogP contribution in [0.5, 0.6) is 17.2 Å². The minimum absolute atomic E-state index is 0.267. The molecule has 8 nitrogen and oxygen atoms in total. The summed E-state index contributed by atoms with van der Waals surface area (Å²) in [5.74, 6) is 1.46. The minimum atomic E-state index is -0.711. The van der Waals surface area contributed by atoms with Crippen LogP contribution in [-0.4, -0.2) is 24.2 Å². The van der Waals surface area contributed by atoms with E-state index in [1.165, 1.54) is 11.3 Å². The molecule has 1 N–H and O–H groups in total. The smallest absolute Gasteiger partial charge is 0.271 e. The van der Waals surface area contributed by atoms with Crippen molar-refractivity contribution < 1.29 is 19.0 Å². The maximum atomic E-state index is 14.3. The summed E-state index contributed by atoms with van der Waals surface area (Å²) >= 11 is 1.27. The van der Waals surface area contributed by atoms with Crippen LogP contribution in [0.15, 0.2) is 124 Å². The Morgan fingerprint density at radius 3 is 2.35 bits per heavy atom. The summed E-state index contributed by atoms with van der Waals surface area (Å²) in [6, 6.07) is 31.4. The second-order valence-electron chi connectivity index (χ2n) is 10.6. The molecule has 0 unspecified atom stereocenters. The van der Waals surface area contributed by atoms with Crippen LogP contribution in [-0.2, 0) is 11.4 Å². The lowest BCUT2D eigenvalue weighted by molar-refractivity contribution is -0.113. The van der Waals surface area contributed by atoms with Gasteiger partial charge in [0, 0.05) is 11.3 Å². The number of ether oxygens (including phenoxy) is 3. The summed E-state index contributed by atoms with van der Waals surface area (Å²) < 4.78 is 19.6. The first kappa shape index (κ1) is 30.6. The second-order valence-corrected chi connectivity index (χ2v) is 11.6. The molecular weight excluding hydrogens is 598 g/mol. The van der Waals surface area contributed by atoms with Gasteiger partial charge in [0.15, 0.2) is 16.3 Å². The fourth-order valence-electron chi connectivity index (χ4n) is 5.39. The Morgan fingerprint density at radius 1 is 0.935 bits per heavy atom. The Morgan fingerprint density at radius 2 is 1.65 bits per heavy atom. The van der Waals surface area contributed by atoms with Gasteiger partial charge in [0.05, 0.1) is 35.6 Å². The number of methoxy groups -OCH3 is 1. The van der Waals surface area contributed by atoms with Crippen LogP contribution >= 0.6 is 11.3 Å². The van der Waals surface area contributed by atoms with E-state index in [0.717, 1.165) is 11.1 Å². The summed E-state index contributed by atoms with van der Waals surface area (Å²) in [6.07, 6.45) is 1.80. The molecule has 1 aromatic heterocycles. The van der Waals surface area contributed by atoms with Crippen LogP contribution < -0.4 is 34.4 Å². The molecule has 1 aliphatic rings. The van der Waals surface area contributed by atoms with Gasteiger partial charge in [0.25, 0.3) is 11.5 Å². The number of carbonyl (C=O) groups is 1. The Balaban J connectivity index is 1.46. The van der Waals surface area contributed by atoms with Gasteiger partial charge < -0.3 is 19.5 Å². The van der Waals surface area contributed by atoms with Crippen molar-refractivity contribution in [3.63, 3.8) is 0 Å². The van der Waals surface area contributed by atoms with Crippen molar-refractivity contribution in [3.8, 4) is 17.2 Å². The standard InChI is InChI=1S/C37H33N3O5S/c1-4-44-29-20-18-26(19-21-29)33-32(35(41)39-28-15-9-6-10-16-28)24(2)38-37-40(33)36(42)31(46-37)22-27-14-11-17-30(43-3)34(27)45-23-25-12-7-5-8-13-25/h5-22,33H,4,23H2,1-3H3,(H,39,41)/b31-22-/t33-/m0/s1. The molecular formula is C37H33N3O5S. The topological polar surface area (TPSA) is 91.2 Å². The van der Waals surface area contributed by atoms with Gasteiger partial charge in [0.1, 0.15) is 12.4 Å². The molecule has 0 fully saturated rings. The number of anilines is 1. The highest BCUT2D eigenvalue weighted by Crippen LogP contribution is 2.34. The van der Waals surface area contributed by atoms with Gasteiger partial charge in [-0.2, -0.15) is 0 Å². The Hall–Kier alpha value is -5.41. The molecule has 0 aliphatic carbocycles. The third-order valence-corrected chi connectivity index (χ3v) is 8.53. The maximum absolute atomic E-state index is 14.3. The van der Waals surface area contributed by atoms with Crippen molar-refractivity contribution in [2.75, 3.05) is 19.0 Å². The number of carbonyl (C=O) groups excluding carboxylic acids is 1. The summed E-state index contributed by atoms with van der Waals surface area (Å²) in [4.78, 5) is 33.4. The molecule has 5 aromatic rings. The molecule has 232 valence electrons. The van der Waals surface area contributed by atoms with Crippen LogP contribution in [0.2, 0.25) is 0 Å². The van der Waals surface area contributed by atoms with Gasteiger partial charge >= 0.3 is 0 Å². The number of allylic oxidation sites excluding steroid dienone is 1. The molecule has 1 amide bonds. The summed E-state index contributed by atoms with van der Waals surface area (Å²) in [5, 5.41) is 2.99. The van der Waals surface area contributed by atoms with Crippen molar-refractivity contribution in [1.29, 1.82) is 0 Å². The number of para-hydroxylation sites is 2. The molecule has 6 rings (SSSR count). The zero-order valence-corrected chi connectivity index (χ0v) is 26.5. The molecule has 1 atom stereocenters. The van der Waals surface area contributed by atoms with E-state index >= 15 is 0 Å². The van der Waals surface area contributed by atoms with Gasteiger partial charge in [0.2, 0.25) is 0 Å². The Kier molecular flexibility index (Phi) is 9.12. The molecule has 0 bridgehead atoms. The highest BCUT2D eigenvalue weighted by molar-refractivity contribution is 7.07. The van der Waals surface area contributed by atoms with Gasteiger partial charge in [-0.05, 0) is 61.4 Å². The number of thiazole rings is 1. The lowest BCUT2D eigenvalue weighted by Gasteiger charge is -2.25. The van der Waals surface area contributed by atoms with E-state index in [9.17, 15) is 9.59 Å². The number of hydrogen-bond acceptors (Lipinski definition) is 7. The fraction of sp³-hybridized carbons (Fsp3) is 0.162. The predicted octanol–water partition coefficient (Wildman–Crippen LogP) is 5.86. The Bertz CT molecular complexity index is 2070. The molecule has 0 radical (unpaired) electrons. The van der Waals surface area contributed by atoms with E-state index in [1.54, 1.807) is 24.7 Å². The molecule has 2 heterocycles. The number of amides is 1. The van der Waals surface area contributed by atoms with Crippen molar-refractivity contribution >= 4 is 29.0 Å². The Labute approximate surface area is 270 Å². The molecule has 46 heavy (non-hydrogen) atoms. The van der Waals surface area contributed by atoms with Crippen LogP contribution in [0.25, 0.3) is 6.08 Å². The van der Waals surface area contributed by atoms with Crippen molar-refractivity contribution in [2.24, 2.45) is 4.99 Å². The molecule has 4 aromatic carbocycles. The van der Waals surface area contributed by atoms with Gasteiger partial charge in [-0.3, -0.25) is 14.2 Å². The third-order valence-electron chi connectivity index (χ3n) is 7.55. The first-order valence-electron chi connectivity index (χ1n) is 14.9. The SMILES string of the molecule is CCOc1ccc([C@H]2C(C(=O)Nc3ccccc3)=C(C)N=c3s/c(=C\c4cccc(OC)c4OCc4ccccc4)c(=O)n32)cc1. The average Bonchev–Trinajstić information content (AvgIpc) is 3.38. The highest BCUT2D eigenvalue weighted by atomic mass is 32.1. The first-order valence-corrected chi connectivity index (χ1v) is 15.7. The van der Waals surface area contributed by atoms with Crippen LogP contribution in [0, 0.1) is 0 Å². The minimum Gasteiger partial charge on any atom is -0.494 e. The summed E-state index contributed by atoms with van der Waals surface area (Å²) in [7, 11) is 1.59. The average molecular weight is 632 g/mol. The normalized spacial score (nSPS) is 14.3. The van der Waals surface area contributed by atoms with E-state index in [-0.39, 0.29) is 11.5 Å². The number of hydrogen-bond donors (Lipinski definition) is 1. The van der Waals surface area contributed by atoms with E-state index in [2.05, 4.69) is 5.32 Å². The first-order chi connectivity index (χ1) is 22.5. The molecule has 9 heteroatoms. The fourth-order valence-corrected chi connectivity index (χ4v) is 6.43. The molecule has 0 spiro atoms. The highest BCUT2D eigenvalue weighted by Gasteiger charge is 2.32. The maximum Gasteiger partial charge on any atom is 0.271 e. The second kappa shape index (κ2) is 13.7. The molecule has 0 saturated heterocycles. The largest absolute Gasteiger partial charge is 0.494 e. The van der Waals surface area contributed by atoms with Crippen LogP contribution in [0.1, 0.15) is 36.6 Å². The number of nitrogens with one attached hydrogen (secondary N) is 1. The number of benzene rings is 4. The zero-order chi connectivity index (χ0) is 32.0. The lowest BCUT2D eigenvalue weighted by atomic mass is 9.95. The van der Waals surface area contributed by atoms with Crippen molar-refractivity contribution in [1.82, 2.24) is 4.57 Å². The number of fused-ring (bicyclic) bond motifs is 1. The lowest BCUT2D eigenvalue weighted by Crippen LogP contribution is -2.40. The molecule has 1 aliphatic heterocycles. The van der Waals surface area contributed by atoms with Crippen LogP contribution in [0.4, 0.5) is 5.69 Å². The van der Waals surface area contributed by atoms with Gasteiger partial charge in [-0.1, -0.05) is 84.1 Å².